The van der Waals surface area contributed by atoms with Crippen molar-refractivity contribution in [3.63, 3.8) is 0 Å². The van der Waals surface area contributed by atoms with E-state index in [2.05, 4.69) is 9.82 Å². The van der Waals surface area contributed by atoms with Crippen molar-refractivity contribution in [2.75, 3.05) is 13.1 Å². The number of piperidine rings is 1. The predicted molar refractivity (Wildman–Crippen MR) is 106 cm³/mol. The van der Waals surface area contributed by atoms with Crippen molar-refractivity contribution in [3.05, 3.63) is 41.2 Å². The molecule has 1 aliphatic heterocycles. The number of benzene rings is 1. The molecule has 10 heteroatoms. The van der Waals surface area contributed by atoms with Crippen LogP contribution < -0.4 is 4.72 Å². The van der Waals surface area contributed by atoms with Crippen LogP contribution in [0.3, 0.4) is 0 Å². The molecule has 1 N–H and O–H groups in total. The quantitative estimate of drug-likeness (QED) is 0.757. The van der Waals surface area contributed by atoms with Crippen LogP contribution in [-0.2, 0) is 33.6 Å². The summed E-state index contributed by atoms with van der Waals surface area (Å²) in [6, 6.07) is 6.35. The number of aromatic nitrogens is 2. The van der Waals surface area contributed by atoms with E-state index in [0.717, 1.165) is 19.3 Å². The first kappa shape index (κ1) is 21.0. The molecule has 28 heavy (non-hydrogen) atoms. The number of rotatable bonds is 6. The summed E-state index contributed by atoms with van der Waals surface area (Å²) in [6.07, 6.45) is 2.82. The summed E-state index contributed by atoms with van der Waals surface area (Å²) in [5.41, 5.74) is 1.68. The predicted octanol–water partition coefficient (Wildman–Crippen LogP) is 1.69. The summed E-state index contributed by atoms with van der Waals surface area (Å²) in [4.78, 5) is 0.416. The van der Waals surface area contributed by atoms with Crippen LogP contribution in [0.15, 0.2) is 34.1 Å². The number of nitrogens with zero attached hydrogens (tertiary/aromatic N) is 3. The monoisotopic (exact) mass is 426 g/mol. The first-order valence-corrected chi connectivity index (χ1v) is 12.1. The third kappa shape index (κ3) is 4.14. The summed E-state index contributed by atoms with van der Waals surface area (Å²) >= 11 is 0. The van der Waals surface area contributed by atoms with Crippen LogP contribution in [0.1, 0.15) is 36.2 Å². The molecule has 0 aliphatic carbocycles. The molecule has 2 aromatic rings. The Bertz CT molecular complexity index is 1050. The van der Waals surface area contributed by atoms with Crippen LogP contribution in [-0.4, -0.2) is 44.0 Å². The van der Waals surface area contributed by atoms with E-state index in [-0.39, 0.29) is 16.3 Å². The minimum absolute atomic E-state index is 0.0696. The molecule has 2 heterocycles. The third-order valence-electron chi connectivity index (χ3n) is 5.05. The minimum Gasteiger partial charge on any atom is -0.271 e. The molecule has 0 amide bonds. The standard InChI is InChI=1S/C18H26N4O4S2/c1-14-18(15(2)21(3)20-14)27(23,24)19-13-16-7-9-17(10-8-16)28(25,26)22-11-5-4-6-12-22/h7-10,19H,4-6,11-13H2,1-3H3. The molecule has 0 unspecified atom stereocenters. The largest absolute Gasteiger partial charge is 0.271 e. The van der Waals surface area contributed by atoms with Crippen LogP contribution in [0.25, 0.3) is 0 Å². The lowest BCUT2D eigenvalue weighted by Gasteiger charge is -2.25. The van der Waals surface area contributed by atoms with Gasteiger partial charge in [-0.25, -0.2) is 21.6 Å². The van der Waals surface area contributed by atoms with Crippen molar-refractivity contribution in [1.29, 1.82) is 0 Å². The maximum Gasteiger partial charge on any atom is 0.244 e. The summed E-state index contributed by atoms with van der Waals surface area (Å²) in [5.74, 6) is 0. The number of sulfonamides is 2. The van der Waals surface area contributed by atoms with Gasteiger partial charge in [0.2, 0.25) is 20.0 Å². The topological polar surface area (TPSA) is 101 Å². The van der Waals surface area contributed by atoms with E-state index in [4.69, 9.17) is 0 Å². The van der Waals surface area contributed by atoms with Crippen molar-refractivity contribution < 1.29 is 16.8 Å². The molecular formula is C18H26N4O4S2. The molecule has 1 aromatic heterocycles. The van der Waals surface area contributed by atoms with E-state index in [0.29, 0.717) is 30.0 Å². The second kappa shape index (κ2) is 7.94. The van der Waals surface area contributed by atoms with E-state index >= 15 is 0 Å². The number of hydrogen-bond donors (Lipinski definition) is 1. The molecular weight excluding hydrogens is 400 g/mol. The Balaban J connectivity index is 1.72. The van der Waals surface area contributed by atoms with Gasteiger partial charge in [-0.3, -0.25) is 4.68 Å². The summed E-state index contributed by atoms with van der Waals surface area (Å²) in [7, 11) is -5.51. The molecule has 1 aliphatic rings. The van der Waals surface area contributed by atoms with E-state index in [1.54, 1.807) is 33.0 Å². The lowest BCUT2D eigenvalue weighted by molar-refractivity contribution is 0.346. The second-order valence-electron chi connectivity index (χ2n) is 7.06. The summed E-state index contributed by atoms with van der Waals surface area (Å²) < 4.78 is 56.2. The maximum absolute atomic E-state index is 12.7. The van der Waals surface area contributed by atoms with E-state index < -0.39 is 20.0 Å². The van der Waals surface area contributed by atoms with Gasteiger partial charge in [-0.2, -0.15) is 9.40 Å². The van der Waals surface area contributed by atoms with Gasteiger partial charge in [0.15, 0.2) is 0 Å². The molecule has 1 aromatic carbocycles. The normalized spacial score (nSPS) is 16.4. The third-order valence-corrected chi connectivity index (χ3v) is 8.62. The highest BCUT2D eigenvalue weighted by atomic mass is 32.2. The molecule has 1 saturated heterocycles. The minimum atomic E-state index is -3.71. The Hall–Kier alpha value is -1.75. The highest BCUT2D eigenvalue weighted by Crippen LogP contribution is 2.22. The van der Waals surface area contributed by atoms with E-state index in [1.807, 2.05) is 0 Å². The molecule has 0 radical (unpaired) electrons. The Morgan fingerprint density at radius 1 is 1.00 bits per heavy atom. The number of nitrogens with one attached hydrogen (secondary N) is 1. The number of hydrogen-bond acceptors (Lipinski definition) is 5. The first-order chi connectivity index (χ1) is 13.1. The van der Waals surface area contributed by atoms with Crippen LogP contribution in [0, 0.1) is 13.8 Å². The molecule has 0 atom stereocenters. The molecule has 0 saturated carbocycles. The Morgan fingerprint density at radius 3 is 2.14 bits per heavy atom. The van der Waals surface area contributed by atoms with Gasteiger partial charge < -0.3 is 0 Å². The molecule has 154 valence electrons. The van der Waals surface area contributed by atoms with Crippen molar-refractivity contribution >= 4 is 20.0 Å². The van der Waals surface area contributed by atoms with Crippen LogP contribution in [0.4, 0.5) is 0 Å². The van der Waals surface area contributed by atoms with Crippen LogP contribution >= 0.6 is 0 Å². The van der Waals surface area contributed by atoms with Crippen molar-refractivity contribution in [2.24, 2.45) is 7.05 Å². The van der Waals surface area contributed by atoms with Crippen LogP contribution in [0.5, 0.6) is 0 Å². The molecule has 0 spiro atoms. The SMILES string of the molecule is Cc1nn(C)c(C)c1S(=O)(=O)NCc1ccc(S(=O)(=O)N2CCCCC2)cc1. The fourth-order valence-corrected chi connectivity index (χ4v) is 6.40. The average molecular weight is 427 g/mol. The van der Waals surface area contributed by atoms with E-state index in [1.165, 1.54) is 21.1 Å². The lowest BCUT2D eigenvalue weighted by Crippen LogP contribution is -2.35. The van der Waals surface area contributed by atoms with Gasteiger partial charge in [0.25, 0.3) is 0 Å². The zero-order valence-electron chi connectivity index (χ0n) is 16.3. The zero-order chi connectivity index (χ0) is 20.5. The van der Waals surface area contributed by atoms with Gasteiger partial charge in [-0.05, 0) is 44.4 Å². The fourth-order valence-electron chi connectivity index (χ4n) is 3.43. The molecule has 0 bridgehead atoms. The molecule has 1 fully saturated rings. The van der Waals surface area contributed by atoms with Gasteiger partial charge in [0.1, 0.15) is 4.90 Å². The average Bonchev–Trinajstić information content (AvgIpc) is 2.93. The fraction of sp³-hybridized carbons (Fsp3) is 0.500. The summed E-state index contributed by atoms with van der Waals surface area (Å²) in [5, 5.41) is 4.14. The van der Waals surface area contributed by atoms with Gasteiger partial charge in [-0.1, -0.05) is 18.6 Å². The van der Waals surface area contributed by atoms with Gasteiger partial charge in [0, 0.05) is 26.7 Å². The van der Waals surface area contributed by atoms with E-state index in [9.17, 15) is 16.8 Å². The molecule has 3 rings (SSSR count). The summed E-state index contributed by atoms with van der Waals surface area (Å²) in [6.45, 7) is 4.53. The lowest BCUT2D eigenvalue weighted by atomic mass is 10.2. The smallest absolute Gasteiger partial charge is 0.244 e. The van der Waals surface area contributed by atoms with Gasteiger partial charge >= 0.3 is 0 Å². The van der Waals surface area contributed by atoms with Crippen LogP contribution in [0.2, 0.25) is 0 Å². The van der Waals surface area contributed by atoms with Crippen molar-refractivity contribution in [3.8, 4) is 0 Å². The van der Waals surface area contributed by atoms with Gasteiger partial charge in [0.05, 0.1) is 16.3 Å². The van der Waals surface area contributed by atoms with Crippen molar-refractivity contribution in [2.45, 2.75) is 49.4 Å². The zero-order valence-corrected chi connectivity index (χ0v) is 18.0. The maximum atomic E-state index is 12.7. The Kier molecular flexibility index (Phi) is 5.95. The van der Waals surface area contributed by atoms with Gasteiger partial charge in [-0.15, -0.1) is 0 Å². The molecule has 8 nitrogen and oxygen atoms in total. The number of aryl methyl sites for hydroxylation is 2. The second-order valence-corrected chi connectivity index (χ2v) is 10.7. The Labute approximate surface area is 166 Å². The first-order valence-electron chi connectivity index (χ1n) is 9.22. The Morgan fingerprint density at radius 2 is 1.61 bits per heavy atom. The highest BCUT2D eigenvalue weighted by Gasteiger charge is 2.26. The highest BCUT2D eigenvalue weighted by molar-refractivity contribution is 7.89. The van der Waals surface area contributed by atoms with Crippen molar-refractivity contribution in [1.82, 2.24) is 18.8 Å².